The lowest BCUT2D eigenvalue weighted by molar-refractivity contribution is -0.0459. The number of nitrogens with zero attached hydrogens (tertiary/aromatic N) is 1. The number of H-pyrrole nitrogens is 1. The van der Waals surface area contributed by atoms with Crippen molar-refractivity contribution in [3.05, 3.63) is 33.1 Å². The molecule has 1 aliphatic heterocycles. The summed E-state index contributed by atoms with van der Waals surface area (Å²) in [5.74, 6) is 0. The monoisotopic (exact) mass is 230 g/mol. The molecular formula is C9H12N2O5. The minimum Gasteiger partial charge on any atom is -0.394 e. The highest BCUT2D eigenvalue weighted by atomic mass is 16.5. The minimum atomic E-state index is -0.900. The Balaban J connectivity index is 2.37. The number of nitrogens with one attached hydrogen (secondary N) is 1. The van der Waals surface area contributed by atoms with Crippen LogP contribution in [0.15, 0.2) is 21.8 Å². The molecule has 0 aromatic carbocycles. The number of aromatic nitrogens is 2. The summed E-state index contributed by atoms with van der Waals surface area (Å²) in [6.45, 7) is -0.372. The van der Waals surface area contributed by atoms with E-state index in [1.54, 1.807) is 0 Å². The fourth-order valence-electron chi connectivity index (χ4n) is 1.64. The van der Waals surface area contributed by atoms with Crippen LogP contribution >= 0.6 is 0 Å². The van der Waals surface area contributed by atoms with E-state index in [0.29, 0.717) is 0 Å². The standard InChI is InChI=1S/C9H12N2O5/c12-4-6-5(13)3-8(16-6)11-2-1-7(14)10-9(11)15/h1-2,5-6,8,12-13H,3-4H2,(H,10,14,15)/t5-,6+,8+/m0/s1/i2T. The first-order valence-corrected chi connectivity index (χ1v) is 4.79. The van der Waals surface area contributed by atoms with E-state index in [2.05, 4.69) is 0 Å². The van der Waals surface area contributed by atoms with Crippen molar-refractivity contribution >= 4 is 0 Å². The highest BCUT2D eigenvalue weighted by Gasteiger charge is 2.34. The number of hydrogen-bond donors (Lipinski definition) is 3. The SMILES string of the molecule is [3H]c1cc(=O)[nH]c(=O)n1[C@H]1C[C@H](O)[C@@H](CO)O1. The van der Waals surface area contributed by atoms with Crippen LogP contribution < -0.4 is 11.2 Å². The maximum absolute atomic E-state index is 11.5. The molecule has 2 heterocycles. The summed E-state index contributed by atoms with van der Waals surface area (Å²) in [7, 11) is 0. The Morgan fingerprint density at radius 3 is 3.00 bits per heavy atom. The van der Waals surface area contributed by atoms with Crippen molar-refractivity contribution in [2.45, 2.75) is 24.9 Å². The normalized spacial score (nSPS) is 30.4. The van der Waals surface area contributed by atoms with E-state index in [9.17, 15) is 14.7 Å². The van der Waals surface area contributed by atoms with Crippen molar-refractivity contribution in [3.63, 3.8) is 0 Å². The van der Waals surface area contributed by atoms with E-state index < -0.39 is 29.7 Å². The average molecular weight is 230 g/mol. The lowest BCUT2D eigenvalue weighted by Crippen LogP contribution is -2.31. The van der Waals surface area contributed by atoms with Crippen LogP contribution in [0.3, 0.4) is 0 Å². The zero-order valence-electron chi connectivity index (χ0n) is 9.29. The molecule has 0 aliphatic carbocycles. The number of ether oxygens (including phenoxy) is 1. The van der Waals surface area contributed by atoms with Crippen LogP contribution in [0.2, 0.25) is 0 Å². The van der Waals surface area contributed by atoms with Crippen LogP contribution in [-0.2, 0) is 4.74 Å². The first kappa shape index (κ1) is 9.76. The lowest BCUT2D eigenvalue weighted by atomic mass is 10.2. The number of rotatable bonds is 2. The Morgan fingerprint density at radius 2 is 2.44 bits per heavy atom. The van der Waals surface area contributed by atoms with Crippen LogP contribution in [0.4, 0.5) is 0 Å². The quantitative estimate of drug-likeness (QED) is 0.554. The van der Waals surface area contributed by atoms with Gasteiger partial charge in [0.2, 0.25) is 0 Å². The molecule has 3 atom stereocenters. The molecular weight excluding hydrogens is 216 g/mol. The minimum absolute atomic E-state index is 0.0864. The van der Waals surface area contributed by atoms with E-state index in [0.717, 1.165) is 10.6 Å². The highest BCUT2D eigenvalue weighted by molar-refractivity contribution is 4.88. The van der Waals surface area contributed by atoms with Crippen LogP contribution in [0, 0.1) is 0 Å². The predicted octanol–water partition coefficient (Wildman–Crippen LogP) is -1.82. The molecule has 7 nitrogen and oxygen atoms in total. The Morgan fingerprint density at radius 1 is 1.69 bits per heavy atom. The van der Waals surface area contributed by atoms with Gasteiger partial charge in [0.05, 0.1) is 14.1 Å². The van der Waals surface area contributed by atoms with Gasteiger partial charge in [-0.3, -0.25) is 14.3 Å². The van der Waals surface area contributed by atoms with Gasteiger partial charge in [0.1, 0.15) is 12.3 Å². The zero-order valence-corrected chi connectivity index (χ0v) is 8.29. The molecule has 0 bridgehead atoms. The van der Waals surface area contributed by atoms with E-state index in [-0.39, 0.29) is 19.2 Å². The molecule has 0 unspecified atom stereocenters. The molecule has 1 saturated heterocycles. The molecule has 2 rings (SSSR count). The molecule has 88 valence electrons. The summed E-state index contributed by atoms with van der Waals surface area (Å²) in [4.78, 5) is 24.5. The van der Waals surface area contributed by atoms with Gasteiger partial charge in [0.25, 0.3) is 5.56 Å². The van der Waals surface area contributed by atoms with Gasteiger partial charge in [-0.1, -0.05) is 0 Å². The Hall–Kier alpha value is -1.44. The fourth-order valence-corrected chi connectivity index (χ4v) is 1.64. The predicted molar refractivity (Wildman–Crippen MR) is 52.9 cm³/mol. The molecule has 1 aromatic heterocycles. The molecule has 1 fully saturated rings. The fraction of sp³-hybridized carbons (Fsp3) is 0.556. The van der Waals surface area contributed by atoms with Gasteiger partial charge >= 0.3 is 5.69 Å². The number of aliphatic hydroxyl groups is 2. The lowest BCUT2D eigenvalue weighted by Gasteiger charge is -2.13. The second kappa shape index (κ2) is 4.20. The Labute approximate surface area is 91.3 Å². The largest absolute Gasteiger partial charge is 0.394 e. The van der Waals surface area contributed by atoms with Crippen LogP contribution in [-0.4, -0.2) is 38.6 Å². The van der Waals surface area contributed by atoms with Crippen molar-refractivity contribution in [3.8, 4) is 0 Å². The van der Waals surface area contributed by atoms with E-state index in [1.807, 2.05) is 4.98 Å². The molecule has 7 heteroatoms. The van der Waals surface area contributed by atoms with Gasteiger partial charge in [-0.25, -0.2) is 4.79 Å². The van der Waals surface area contributed by atoms with E-state index in [1.165, 1.54) is 0 Å². The Bertz CT molecular complexity index is 525. The van der Waals surface area contributed by atoms with Gasteiger partial charge in [-0.2, -0.15) is 0 Å². The van der Waals surface area contributed by atoms with Gasteiger partial charge in [0, 0.05) is 18.7 Å². The zero-order chi connectivity index (χ0) is 12.6. The Kier molecular flexibility index (Phi) is 2.56. The van der Waals surface area contributed by atoms with Gasteiger partial charge in [-0.15, -0.1) is 0 Å². The number of hydrogen-bond acceptors (Lipinski definition) is 5. The molecule has 0 spiro atoms. The van der Waals surface area contributed by atoms with Crippen molar-refractivity contribution in [1.82, 2.24) is 9.55 Å². The average Bonchev–Trinajstić information content (AvgIpc) is 2.57. The molecule has 3 N–H and O–H groups in total. The molecule has 16 heavy (non-hydrogen) atoms. The second-order valence-electron chi connectivity index (χ2n) is 3.55. The molecule has 0 saturated carbocycles. The summed E-state index contributed by atoms with van der Waals surface area (Å²) < 4.78 is 13.7. The van der Waals surface area contributed by atoms with Crippen molar-refractivity contribution in [2.75, 3.05) is 6.61 Å². The summed E-state index contributed by atoms with van der Waals surface area (Å²) in [5, 5.41) is 18.4. The van der Waals surface area contributed by atoms with Gasteiger partial charge < -0.3 is 14.9 Å². The second-order valence-corrected chi connectivity index (χ2v) is 3.55. The molecule has 1 aromatic rings. The molecule has 1 aliphatic rings. The first-order chi connectivity index (χ1) is 8.02. The summed E-state index contributed by atoms with van der Waals surface area (Å²) in [6, 6.07) is 0.948. The third kappa shape index (κ3) is 1.92. The van der Waals surface area contributed by atoms with E-state index in [4.69, 9.17) is 11.2 Å². The summed E-state index contributed by atoms with van der Waals surface area (Å²) in [5.41, 5.74) is -1.42. The summed E-state index contributed by atoms with van der Waals surface area (Å²) in [6.07, 6.45) is -2.74. The third-order valence-electron chi connectivity index (χ3n) is 2.46. The topological polar surface area (TPSA) is 105 Å². The van der Waals surface area contributed by atoms with Crippen molar-refractivity contribution in [2.24, 2.45) is 0 Å². The van der Waals surface area contributed by atoms with Gasteiger partial charge in [-0.05, 0) is 0 Å². The van der Waals surface area contributed by atoms with Crippen molar-refractivity contribution in [1.29, 1.82) is 0 Å². The number of aliphatic hydroxyl groups excluding tert-OH is 2. The van der Waals surface area contributed by atoms with E-state index >= 15 is 0 Å². The highest BCUT2D eigenvalue weighted by Crippen LogP contribution is 2.26. The smallest absolute Gasteiger partial charge is 0.330 e. The van der Waals surface area contributed by atoms with Crippen molar-refractivity contribution < 1.29 is 16.3 Å². The first-order valence-electron chi connectivity index (χ1n) is 5.29. The third-order valence-corrected chi connectivity index (χ3v) is 2.46. The maximum Gasteiger partial charge on any atom is 0.330 e. The van der Waals surface area contributed by atoms with Crippen LogP contribution in [0.25, 0.3) is 0 Å². The maximum atomic E-state index is 11.5. The number of aromatic amines is 1. The van der Waals surface area contributed by atoms with Crippen LogP contribution in [0.1, 0.15) is 14.0 Å². The molecule has 0 radical (unpaired) electrons. The van der Waals surface area contributed by atoms with Crippen LogP contribution in [0.5, 0.6) is 0 Å². The summed E-state index contributed by atoms with van der Waals surface area (Å²) >= 11 is 0. The molecule has 0 amide bonds. The van der Waals surface area contributed by atoms with Gasteiger partial charge in [0.15, 0.2) is 0 Å².